The molecule has 4 heteroatoms. The van der Waals surface area contributed by atoms with Crippen molar-refractivity contribution in [3.63, 3.8) is 0 Å². The highest BCUT2D eigenvalue weighted by molar-refractivity contribution is 6.18. The van der Waals surface area contributed by atoms with E-state index >= 15 is 0 Å². The van der Waals surface area contributed by atoms with Crippen LogP contribution < -0.4 is 0 Å². The van der Waals surface area contributed by atoms with Gasteiger partial charge in [0.1, 0.15) is 0 Å². The number of oxazole rings is 1. The first-order valence-electron chi connectivity index (χ1n) is 12.4. The molecule has 3 heterocycles. The summed E-state index contributed by atoms with van der Waals surface area (Å²) in [5.74, 6) is 0.753. The molecule has 0 N–H and O–H groups in total. The zero-order valence-corrected chi connectivity index (χ0v) is 19.9. The second-order valence-electron chi connectivity index (χ2n) is 9.30. The third-order valence-corrected chi connectivity index (χ3v) is 7.22. The number of fused-ring (bicyclic) bond motifs is 6. The van der Waals surface area contributed by atoms with Crippen molar-refractivity contribution in [3.05, 3.63) is 128 Å². The van der Waals surface area contributed by atoms with E-state index in [0.29, 0.717) is 6.01 Å². The van der Waals surface area contributed by atoms with E-state index in [-0.39, 0.29) is 0 Å². The van der Waals surface area contributed by atoms with E-state index in [2.05, 4.69) is 100 Å². The molecule has 0 amide bonds. The smallest absolute Gasteiger partial charge is 0.307 e. The summed E-state index contributed by atoms with van der Waals surface area (Å²) < 4.78 is 10.9. The summed E-state index contributed by atoms with van der Waals surface area (Å²) in [6, 6.07) is 42.9. The summed E-state index contributed by atoms with van der Waals surface area (Å²) in [5.41, 5.74) is 6.68. The molecule has 0 bridgehead atoms. The van der Waals surface area contributed by atoms with E-state index in [9.17, 15) is 0 Å². The van der Waals surface area contributed by atoms with Crippen molar-refractivity contribution in [3.8, 4) is 23.0 Å². The van der Waals surface area contributed by atoms with Crippen LogP contribution in [0.15, 0.2) is 132 Å². The number of para-hydroxylation sites is 3. The Hall–Kier alpha value is -5.09. The minimum atomic E-state index is 0.566. The van der Waals surface area contributed by atoms with Crippen molar-refractivity contribution < 1.29 is 4.42 Å². The van der Waals surface area contributed by atoms with Crippen molar-refractivity contribution in [2.75, 3.05) is 0 Å². The van der Waals surface area contributed by atoms with Gasteiger partial charge in [-0.15, -0.1) is 0 Å². The Balaban J connectivity index is 1.48. The van der Waals surface area contributed by atoms with E-state index in [1.54, 1.807) is 0 Å². The monoisotopic (exact) mass is 475 g/mol. The standard InChI is InChI=1S/C33H21N3O/c1-3-11-22(12-4-1)32-21-34-33(37-32)36-29-18-10-8-16-25(29)27-19-30-26(20-31(27)36)24-15-7-9-17-28(24)35(30)23-13-5-2-6-14-23/h1-21H. The van der Waals surface area contributed by atoms with Crippen molar-refractivity contribution in [2.24, 2.45) is 0 Å². The molecule has 0 atom stereocenters. The lowest BCUT2D eigenvalue weighted by molar-refractivity contribution is 0.548. The summed E-state index contributed by atoms with van der Waals surface area (Å²) in [6.07, 6.45) is 1.81. The summed E-state index contributed by atoms with van der Waals surface area (Å²) >= 11 is 0. The van der Waals surface area contributed by atoms with E-state index in [1.165, 1.54) is 32.6 Å². The van der Waals surface area contributed by atoms with Gasteiger partial charge in [0.2, 0.25) is 0 Å². The number of hydrogen-bond donors (Lipinski definition) is 0. The first kappa shape index (κ1) is 20.1. The number of nitrogens with zero attached hydrogens (tertiary/aromatic N) is 3. The molecule has 0 radical (unpaired) electrons. The fourth-order valence-electron chi connectivity index (χ4n) is 5.60. The highest BCUT2D eigenvalue weighted by Gasteiger charge is 2.20. The predicted octanol–water partition coefficient (Wildman–Crippen LogP) is 8.54. The molecule has 0 spiro atoms. The van der Waals surface area contributed by atoms with Crippen LogP contribution in [0.25, 0.3) is 66.6 Å². The van der Waals surface area contributed by atoms with E-state index in [1.807, 2.05) is 36.5 Å². The van der Waals surface area contributed by atoms with Crippen LogP contribution in [0.1, 0.15) is 0 Å². The number of rotatable bonds is 3. The topological polar surface area (TPSA) is 35.9 Å². The summed E-state index contributed by atoms with van der Waals surface area (Å²) in [7, 11) is 0. The van der Waals surface area contributed by atoms with Gasteiger partial charge in [-0.2, -0.15) is 0 Å². The molecule has 0 unspecified atom stereocenters. The Morgan fingerprint density at radius 3 is 1.70 bits per heavy atom. The highest BCUT2D eigenvalue weighted by Crippen LogP contribution is 2.39. The van der Waals surface area contributed by atoms with Gasteiger partial charge in [-0.3, -0.25) is 4.57 Å². The Kier molecular flexibility index (Phi) is 4.19. The molecule has 8 rings (SSSR count). The van der Waals surface area contributed by atoms with Crippen molar-refractivity contribution >= 4 is 43.6 Å². The van der Waals surface area contributed by atoms with Crippen LogP contribution in [0.2, 0.25) is 0 Å². The number of benzene rings is 5. The largest absolute Gasteiger partial charge is 0.423 e. The molecular formula is C33H21N3O. The predicted molar refractivity (Wildman–Crippen MR) is 151 cm³/mol. The first-order valence-corrected chi connectivity index (χ1v) is 12.4. The third kappa shape index (κ3) is 2.93. The fraction of sp³-hybridized carbons (Fsp3) is 0. The maximum Gasteiger partial charge on any atom is 0.307 e. The van der Waals surface area contributed by atoms with Crippen LogP contribution in [-0.4, -0.2) is 14.1 Å². The molecule has 3 aromatic heterocycles. The van der Waals surface area contributed by atoms with Gasteiger partial charge in [-0.1, -0.05) is 84.9 Å². The van der Waals surface area contributed by atoms with Gasteiger partial charge in [0.05, 0.1) is 28.3 Å². The van der Waals surface area contributed by atoms with Gasteiger partial charge in [0, 0.05) is 32.8 Å². The van der Waals surface area contributed by atoms with Gasteiger partial charge in [-0.05, 0) is 36.4 Å². The van der Waals surface area contributed by atoms with E-state index in [4.69, 9.17) is 9.40 Å². The minimum absolute atomic E-state index is 0.566. The summed E-state index contributed by atoms with van der Waals surface area (Å²) in [5, 5.41) is 4.76. The Morgan fingerprint density at radius 2 is 1.03 bits per heavy atom. The molecule has 0 saturated carbocycles. The van der Waals surface area contributed by atoms with E-state index < -0.39 is 0 Å². The molecule has 5 aromatic carbocycles. The van der Waals surface area contributed by atoms with Crippen LogP contribution in [0.4, 0.5) is 0 Å². The molecule has 0 saturated heterocycles. The molecule has 0 fully saturated rings. The first-order chi connectivity index (χ1) is 18.4. The number of aromatic nitrogens is 3. The lowest BCUT2D eigenvalue weighted by Crippen LogP contribution is -1.94. The van der Waals surface area contributed by atoms with Gasteiger partial charge in [0.25, 0.3) is 0 Å². The average molecular weight is 476 g/mol. The lowest BCUT2D eigenvalue weighted by atomic mass is 10.1. The van der Waals surface area contributed by atoms with Crippen LogP contribution >= 0.6 is 0 Å². The third-order valence-electron chi connectivity index (χ3n) is 7.22. The molecule has 8 aromatic rings. The van der Waals surface area contributed by atoms with Crippen molar-refractivity contribution in [2.45, 2.75) is 0 Å². The quantitative estimate of drug-likeness (QED) is 0.257. The Labute approximate surface area is 212 Å². The van der Waals surface area contributed by atoms with Crippen LogP contribution in [0.5, 0.6) is 0 Å². The van der Waals surface area contributed by atoms with E-state index in [0.717, 1.165) is 28.0 Å². The average Bonchev–Trinajstić information content (AvgIpc) is 3.65. The number of hydrogen-bond acceptors (Lipinski definition) is 2. The van der Waals surface area contributed by atoms with Gasteiger partial charge >= 0.3 is 6.01 Å². The van der Waals surface area contributed by atoms with Crippen molar-refractivity contribution in [1.82, 2.24) is 14.1 Å². The molecule has 4 nitrogen and oxygen atoms in total. The second-order valence-corrected chi connectivity index (χ2v) is 9.30. The lowest BCUT2D eigenvalue weighted by Gasteiger charge is -2.07. The minimum Gasteiger partial charge on any atom is -0.423 e. The molecule has 37 heavy (non-hydrogen) atoms. The molecular weight excluding hydrogens is 454 g/mol. The highest BCUT2D eigenvalue weighted by atomic mass is 16.4. The van der Waals surface area contributed by atoms with Crippen LogP contribution in [-0.2, 0) is 0 Å². The summed E-state index contributed by atoms with van der Waals surface area (Å²) in [4.78, 5) is 4.72. The fourth-order valence-corrected chi connectivity index (χ4v) is 5.60. The second kappa shape index (κ2) is 7.70. The van der Waals surface area contributed by atoms with Gasteiger partial charge < -0.3 is 8.98 Å². The normalized spacial score (nSPS) is 11.8. The molecule has 0 aliphatic rings. The molecule has 0 aliphatic carbocycles. The van der Waals surface area contributed by atoms with Crippen LogP contribution in [0.3, 0.4) is 0 Å². The maximum absolute atomic E-state index is 6.35. The van der Waals surface area contributed by atoms with Crippen LogP contribution in [0, 0.1) is 0 Å². The SMILES string of the molecule is c1ccc(-c2cnc(-n3c4ccccc4c4cc5c(cc43)c3ccccc3n5-c3ccccc3)o2)cc1. The Morgan fingerprint density at radius 1 is 0.486 bits per heavy atom. The summed E-state index contributed by atoms with van der Waals surface area (Å²) in [6.45, 7) is 0. The van der Waals surface area contributed by atoms with Crippen molar-refractivity contribution in [1.29, 1.82) is 0 Å². The molecule has 174 valence electrons. The van der Waals surface area contributed by atoms with Gasteiger partial charge in [0.15, 0.2) is 5.76 Å². The van der Waals surface area contributed by atoms with Gasteiger partial charge in [-0.25, -0.2) is 4.98 Å². The Bertz CT molecular complexity index is 2080. The zero-order chi connectivity index (χ0) is 24.3. The molecule has 0 aliphatic heterocycles. The maximum atomic E-state index is 6.35. The zero-order valence-electron chi connectivity index (χ0n) is 19.9.